The SMILES string of the molecule is C[C@H](NC(=O)CC(CNC(=O)[C@@H]1CCCN1)c1ccc(Cl)cc1)C(=O)O. The maximum Gasteiger partial charge on any atom is 0.325 e. The van der Waals surface area contributed by atoms with E-state index >= 15 is 0 Å². The highest BCUT2D eigenvalue weighted by atomic mass is 35.5. The molecule has 1 aromatic carbocycles. The zero-order chi connectivity index (χ0) is 19.1. The summed E-state index contributed by atoms with van der Waals surface area (Å²) in [5.74, 6) is -1.84. The van der Waals surface area contributed by atoms with Gasteiger partial charge in [0.25, 0.3) is 0 Å². The Morgan fingerprint density at radius 1 is 1.31 bits per heavy atom. The first-order valence-electron chi connectivity index (χ1n) is 8.65. The lowest BCUT2D eigenvalue weighted by Crippen LogP contribution is -2.43. The molecule has 8 heteroatoms. The van der Waals surface area contributed by atoms with Crippen molar-refractivity contribution >= 4 is 29.4 Å². The molecule has 3 atom stereocenters. The van der Waals surface area contributed by atoms with E-state index in [1.54, 1.807) is 24.3 Å². The molecule has 7 nitrogen and oxygen atoms in total. The summed E-state index contributed by atoms with van der Waals surface area (Å²) in [5, 5.41) is 18.0. The molecule has 0 bridgehead atoms. The van der Waals surface area contributed by atoms with E-state index in [0.29, 0.717) is 5.02 Å². The van der Waals surface area contributed by atoms with Gasteiger partial charge in [0.2, 0.25) is 11.8 Å². The lowest BCUT2D eigenvalue weighted by atomic mass is 9.95. The van der Waals surface area contributed by atoms with Crippen LogP contribution < -0.4 is 16.0 Å². The van der Waals surface area contributed by atoms with Gasteiger partial charge in [-0.25, -0.2) is 0 Å². The predicted molar refractivity (Wildman–Crippen MR) is 98.1 cm³/mol. The summed E-state index contributed by atoms with van der Waals surface area (Å²) in [6.07, 6.45) is 1.83. The second-order valence-corrected chi connectivity index (χ2v) is 6.91. The minimum Gasteiger partial charge on any atom is -0.480 e. The van der Waals surface area contributed by atoms with Gasteiger partial charge < -0.3 is 21.1 Å². The minimum absolute atomic E-state index is 0.0671. The molecule has 26 heavy (non-hydrogen) atoms. The number of benzene rings is 1. The summed E-state index contributed by atoms with van der Waals surface area (Å²) in [6, 6.07) is 5.90. The van der Waals surface area contributed by atoms with Crippen molar-refractivity contribution in [2.24, 2.45) is 0 Å². The van der Waals surface area contributed by atoms with Crippen LogP contribution in [0.4, 0.5) is 0 Å². The van der Waals surface area contributed by atoms with Crippen molar-refractivity contribution in [3.63, 3.8) is 0 Å². The number of carboxylic acids is 1. The number of carbonyl (C=O) groups is 3. The van der Waals surface area contributed by atoms with Crippen LogP contribution in [-0.2, 0) is 14.4 Å². The maximum absolute atomic E-state index is 12.2. The van der Waals surface area contributed by atoms with E-state index in [1.165, 1.54) is 6.92 Å². The van der Waals surface area contributed by atoms with Gasteiger partial charge in [0.15, 0.2) is 0 Å². The number of amides is 2. The van der Waals surface area contributed by atoms with Crippen molar-refractivity contribution in [3.8, 4) is 0 Å². The van der Waals surface area contributed by atoms with Crippen LogP contribution >= 0.6 is 11.6 Å². The van der Waals surface area contributed by atoms with E-state index in [0.717, 1.165) is 24.9 Å². The zero-order valence-electron chi connectivity index (χ0n) is 14.6. The van der Waals surface area contributed by atoms with Crippen LogP contribution in [0.3, 0.4) is 0 Å². The van der Waals surface area contributed by atoms with Crippen molar-refractivity contribution in [1.29, 1.82) is 0 Å². The van der Waals surface area contributed by atoms with Crippen LogP contribution in [-0.4, -0.2) is 48.1 Å². The van der Waals surface area contributed by atoms with E-state index in [2.05, 4.69) is 16.0 Å². The van der Waals surface area contributed by atoms with Gasteiger partial charge in [0.1, 0.15) is 6.04 Å². The lowest BCUT2D eigenvalue weighted by Gasteiger charge is -2.20. The minimum atomic E-state index is -1.10. The summed E-state index contributed by atoms with van der Waals surface area (Å²) in [4.78, 5) is 35.3. The number of carbonyl (C=O) groups excluding carboxylic acids is 2. The molecule has 0 saturated carbocycles. The van der Waals surface area contributed by atoms with Gasteiger partial charge in [-0.1, -0.05) is 23.7 Å². The summed E-state index contributed by atoms with van der Waals surface area (Å²) in [6.45, 7) is 2.52. The molecule has 142 valence electrons. The zero-order valence-corrected chi connectivity index (χ0v) is 15.4. The number of rotatable bonds is 8. The normalized spacial score (nSPS) is 18.8. The van der Waals surface area contributed by atoms with Gasteiger partial charge in [0.05, 0.1) is 6.04 Å². The molecule has 2 rings (SSSR count). The second-order valence-electron chi connectivity index (χ2n) is 6.47. The lowest BCUT2D eigenvalue weighted by molar-refractivity contribution is -0.141. The topological polar surface area (TPSA) is 108 Å². The molecule has 0 aromatic heterocycles. The molecule has 4 N–H and O–H groups in total. The van der Waals surface area contributed by atoms with Crippen molar-refractivity contribution in [3.05, 3.63) is 34.9 Å². The monoisotopic (exact) mass is 381 g/mol. The van der Waals surface area contributed by atoms with E-state index in [-0.39, 0.29) is 36.7 Å². The largest absolute Gasteiger partial charge is 0.480 e. The van der Waals surface area contributed by atoms with Crippen LogP contribution in [0.1, 0.15) is 37.7 Å². The molecule has 0 spiro atoms. The van der Waals surface area contributed by atoms with E-state index < -0.39 is 12.0 Å². The van der Waals surface area contributed by atoms with Gasteiger partial charge in [-0.05, 0) is 44.0 Å². The number of hydrogen-bond donors (Lipinski definition) is 4. The van der Waals surface area contributed by atoms with Gasteiger partial charge in [0, 0.05) is 23.9 Å². The van der Waals surface area contributed by atoms with Crippen LogP contribution in [0.5, 0.6) is 0 Å². The molecule has 1 unspecified atom stereocenters. The number of hydrogen-bond acceptors (Lipinski definition) is 4. The van der Waals surface area contributed by atoms with Gasteiger partial charge in [-0.3, -0.25) is 14.4 Å². The van der Waals surface area contributed by atoms with E-state index in [1.807, 2.05) is 0 Å². The fourth-order valence-corrected chi connectivity index (χ4v) is 3.01. The fourth-order valence-electron chi connectivity index (χ4n) is 2.88. The quantitative estimate of drug-likeness (QED) is 0.542. The average Bonchev–Trinajstić information content (AvgIpc) is 3.13. The number of halogens is 1. The Kier molecular flexibility index (Phi) is 7.41. The molecule has 0 radical (unpaired) electrons. The highest BCUT2D eigenvalue weighted by Crippen LogP contribution is 2.21. The third kappa shape index (κ3) is 6.00. The smallest absolute Gasteiger partial charge is 0.325 e. The molecule has 1 aromatic rings. The first kappa shape index (κ1) is 20.2. The van der Waals surface area contributed by atoms with Crippen molar-refractivity contribution < 1.29 is 19.5 Å². The Bertz CT molecular complexity index is 644. The first-order chi connectivity index (χ1) is 12.4. The molecule has 1 heterocycles. The van der Waals surface area contributed by atoms with Crippen LogP contribution in [0.25, 0.3) is 0 Å². The number of aliphatic carboxylic acids is 1. The maximum atomic E-state index is 12.2. The summed E-state index contributed by atoms with van der Waals surface area (Å²) in [5.41, 5.74) is 0.854. The van der Waals surface area contributed by atoms with Gasteiger partial charge in [-0.2, -0.15) is 0 Å². The Morgan fingerprint density at radius 2 is 2.00 bits per heavy atom. The molecule has 1 fully saturated rings. The van der Waals surface area contributed by atoms with E-state index in [9.17, 15) is 14.4 Å². The Morgan fingerprint density at radius 3 is 2.58 bits per heavy atom. The molecule has 1 aliphatic rings. The summed E-state index contributed by atoms with van der Waals surface area (Å²) < 4.78 is 0. The standard InChI is InChI=1S/C18H24ClN3O4/c1-11(18(25)26)22-16(23)9-13(12-4-6-14(19)7-5-12)10-21-17(24)15-3-2-8-20-15/h4-7,11,13,15,20H,2-3,8-10H2,1H3,(H,21,24)(H,22,23)(H,25,26)/t11-,13?,15-/m0/s1. The third-order valence-electron chi connectivity index (χ3n) is 4.42. The summed E-state index contributed by atoms with van der Waals surface area (Å²) in [7, 11) is 0. The van der Waals surface area contributed by atoms with Crippen molar-refractivity contribution in [1.82, 2.24) is 16.0 Å². The number of nitrogens with one attached hydrogen (secondary N) is 3. The Labute approximate surface area is 157 Å². The first-order valence-corrected chi connectivity index (χ1v) is 9.03. The molecule has 1 aliphatic heterocycles. The highest BCUT2D eigenvalue weighted by Gasteiger charge is 2.24. The summed E-state index contributed by atoms with van der Waals surface area (Å²) >= 11 is 5.92. The second kappa shape index (κ2) is 9.54. The van der Waals surface area contributed by atoms with Crippen LogP contribution in [0, 0.1) is 0 Å². The Hall–Kier alpha value is -2.12. The van der Waals surface area contributed by atoms with Crippen LogP contribution in [0.15, 0.2) is 24.3 Å². The highest BCUT2D eigenvalue weighted by molar-refractivity contribution is 6.30. The van der Waals surface area contributed by atoms with Crippen LogP contribution in [0.2, 0.25) is 5.02 Å². The van der Waals surface area contributed by atoms with Gasteiger partial charge >= 0.3 is 5.97 Å². The molecule has 1 saturated heterocycles. The van der Waals surface area contributed by atoms with Crippen molar-refractivity contribution in [2.45, 2.75) is 44.2 Å². The number of carboxylic acid groups (broad SMARTS) is 1. The molecular weight excluding hydrogens is 358 g/mol. The Balaban J connectivity index is 2.01. The predicted octanol–water partition coefficient (Wildman–Crippen LogP) is 1.27. The molecule has 0 aliphatic carbocycles. The van der Waals surface area contributed by atoms with E-state index in [4.69, 9.17) is 16.7 Å². The van der Waals surface area contributed by atoms with Crippen molar-refractivity contribution in [2.75, 3.05) is 13.1 Å². The molecule has 2 amide bonds. The third-order valence-corrected chi connectivity index (χ3v) is 4.67. The molecular formula is C18H24ClN3O4. The fraction of sp³-hybridized carbons (Fsp3) is 0.500. The average molecular weight is 382 g/mol. The van der Waals surface area contributed by atoms with Gasteiger partial charge in [-0.15, -0.1) is 0 Å².